The van der Waals surface area contributed by atoms with Crippen molar-refractivity contribution in [1.82, 2.24) is 0 Å². The van der Waals surface area contributed by atoms with E-state index in [9.17, 15) is 9.18 Å². The molecule has 1 aromatic carbocycles. The molecule has 0 fully saturated rings. The molecule has 3 nitrogen and oxygen atoms in total. The van der Waals surface area contributed by atoms with Crippen LogP contribution in [0.5, 0.6) is 0 Å². The number of amides is 1. The molecule has 1 aromatic rings. The van der Waals surface area contributed by atoms with Crippen molar-refractivity contribution in [2.75, 3.05) is 17.3 Å². The van der Waals surface area contributed by atoms with Crippen LogP contribution in [0.15, 0.2) is 24.3 Å². The van der Waals surface area contributed by atoms with E-state index in [2.05, 4.69) is 21.2 Å². The molecule has 0 saturated heterocycles. The standard InChI is InChI=1S/C10H11BrFNO2/c11-6-3-7-15-10(14)13-9-5-2-1-4-8(9)12/h1-2,4-5H,3,6-7H2,(H,13,14). The van der Waals surface area contributed by atoms with Gasteiger partial charge in [0.05, 0.1) is 12.3 Å². The molecule has 0 unspecified atom stereocenters. The summed E-state index contributed by atoms with van der Waals surface area (Å²) >= 11 is 3.21. The Morgan fingerprint density at radius 1 is 1.47 bits per heavy atom. The number of alkyl halides is 1. The van der Waals surface area contributed by atoms with Crippen molar-refractivity contribution in [1.29, 1.82) is 0 Å². The predicted molar refractivity (Wildman–Crippen MR) is 59.8 cm³/mol. The fourth-order valence-corrected chi connectivity index (χ4v) is 1.16. The molecule has 15 heavy (non-hydrogen) atoms. The van der Waals surface area contributed by atoms with Crippen molar-refractivity contribution in [3.05, 3.63) is 30.1 Å². The van der Waals surface area contributed by atoms with Crippen molar-refractivity contribution < 1.29 is 13.9 Å². The van der Waals surface area contributed by atoms with Gasteiger partial charge >= 0.3 is 6.09 Å². The molecule has 0 heterocycles. The van der Waals surface area contributed by atoms with Gasteiger partial charge in [-0.3, -0.25) is 5.32 Å². The van der Waals surface area contributed by atoms with Crippen LogP contribution in [0.4, 0.5) is 14.9 Å². The number of anilines is 1. The number of para-hydroxylation sites is 1. The fraction of sp³-hybridized carbons (Fsp3) is 0.300. The SMILES string of the molecule is O=C(Nc1ccccc1F)OCCCBr. The van der Waals surface area contributed by atoms with Gasteiger partial charge in [-0.2, -0.15) is 0 Å². The zero-order chi connectivity index (χ0) is 11.1. The maximum Gasteiger partial charge on any atom is 0.411 e. The Bertz CT molecular complexity index is 333. The van der Waals surface area contributed by atoms with Crippen molar-refractivity contribution in [2.45, 2.75) is 6.42 Å². The van der Waals surface area contributed by atoms with Gasteiger partial charge in [-0.1, -0.05) is 28.1 Å². The minimum absolute atomic E-state index is 0.126. The first-order valence-corrected chi connectivity index (χ1v) is 5.60. The summed E-state index contributed by atoms with van der Waals surface area (Å²) < 4.78 is 17.9. The van der Waals surface area contributed by atoms with Crippen LogP contribution < -0.4 is 5.32 Å². The molecule has 1 N–H and O–H groups in total. The summed E-state index contributed by atoms with van der Waals surface area (Å²) in [6.07, 6.45) is 0.0890. The molecule has 0 atom stereocenters. The van der Waals surface area contributed by atoms with Crippen LogP contribution in [0.25, 0.3) is 0 Å². The average molecular weight is 276 g/mol. The summed E-state index contributed by atoms with van der Waals surface area (Å²) in [4.78, 5) is 11.1. The predicted octanol–water partition coefficient (Wildman–Crippen LogP) is 3.16. The first-order chi connectivity index (χ1) is 7.24. The Morgan fingerprint density at radius 3 is 2.87 bits per heavy atom. The molecule has 0 bridgehead atoms. The van der Waals surface area contributed by atoms with Crippen molar-refractivity contribution in [2.24, 2.45) is 0 Å². The third-order valence-corrected chi connectivity index (χ3v) is 2.18. The van der Waals surface area contributed by atoms with Crippen LogP contribution in [0.3, 0.4) is 0 Å². The lowest BCUT2D eigenvalue weighted by atomic mass is 10.3. The van der Waals surface area contributed by atoms with Gasteiger partial charge in [-0.05, 0) is 18.6 Å². The summed E-state index contributed by atoms with van der Waals surface area (Å²) in [5.74, 6) is -0.477. The van der Waals surface area contributed by atoms with Gasteiger partial charge in [0, 0.05) is 5.33 Å². The van der Waals surface area contributed by atoms with E-state index in [1.54, 1.807) is 12.1 Å². The van der Waals surface area contributed by atoms with E-state index in [1.165, 1.54) is 12.1 Å². The molecule has 0 aliphatic rings. The molecule has 1 amide bonds. The summed E-state index contributed by atoms with van der Waals surface area (Å²) in [6, 6.07) is 5.93. The molecule has 0 aliphatic carbocycles. The Kier molecular flexibility index (Phi) is 5.10. The van der Waals surface area contributed by atoms with E-state index in [1.807, 2.05) is 0 Å². The highest BCUT2D eigenvalue weighted by atomic mass is 79.9. The number of halogens is 2. The Labute approximate surface area is 95.7 Å². The van der Waals surface area contributed by atoms with Crippen molar-refractivity contribution in [3.63, 3.8) is 0 Å². The van der Waals surface area contributed by atoms with Crippen molar-refractivity contribution in [3.8, 4) is 0 Å². The second kappa shape index (κ2) is 6.40. The number of carbonyl (C=O) groups is 1. The molecule has 0 saturated carbocycles. The first-order valence-electron chi connectivity index (χ1n) is 4.48. The summed E-state index contributed by atoms with van der Waals surface area (Å²) in [7, 11) is 0. The highest BCUT2D eigenvalue weighted by Crippen LogP contribution is 2.12. The quantitative estimate of drug-likeness (QED) is 0.677. The maximum atomic E-state index is 13.1. The molecular formula is C10H11BrFNO2. The van der Waals surface area contributed by atoms with Gasteiger partial charge in [-0.15, -0.1) is 0 Å². The molecule has 0 aromatic heterocycles. The normalized spacial score (nSPS) is 9.73. The van der Waals surface area contributed by atoms with Crippen LogP contribution in [-0.4, -0.2) is 18.0 Å². The van der Waals surface area contributed by atoms with Crippen molar-refractivity contribution >= 4 is 27.7 Å². The number of hydrogen-bond acceptors (Lipinski definition) is 2. The van der Waals surface area contributed by atoms with Crippen LogP contribution in [-0.2, 0) is 4.74 Å². The van der Waals surface area contributed by atoms with E-state index in [0.717, 1.165) is 11.8 Å². The Morgan fingerprint density at radius 2 is 2.20 bits per heavy atom. The van der Waals surface area contributed by atoms with Crippen LogP contribution in [0.1, 0.15) is 6.42 Å². The second-order valence-corrected chi connectivity index (χ2v) is 3.58. The molecule has 5 heteroatoms. The lowest BCUT2D eigenvalue weighted by molar-refractivity contribution is 0.162. The average Bonchev–Trinajstić information content (AvgIpc) is 2.22. The van der Waals surface area contributed by atoms with Gasteiger partial charge in [0.25, 0.3) is 0 Å². The van der Waals surface area contributed by atoms with Crippen LogP contribution in [0.2, 0.25) is 0 Å². The molecule has 1 rings (SSSR count). The minimum atomic E-state index is -0.638. The fourth-order valence-electron chi connectivity index (χ4n) is 0.928. The largest absolute Gasteiger partial charge is 0.449 e. The number of ether oxygens (including phenoxy) is 1. The van der Waals surface area contributed by atoms with Crippen LogP contribution in [0, 0.1) is 5.82 Å². The lowest BCUT2D eigenvalue weighted by Gasteiger charge is -2.06. The molecule has 0 radical (unpaired) electrons. The summed E-state index contributed by atoms with van der Waals surface area (Å²) in [6.45, 7) is 0.311. The van der Waals surface area contributed by atoms with Gasteiger partial charge < -0.3 is 4.74 Å². The first kappa shape index (κ1) is 12.0. The Hall–Kier alpha value is -1.10. The van der Waals surface area contributed by atoms with E-state index in [-0.39, 0.29) is 5.69 Å². The minimum Gasteiger partial charge on any atom is -0.449 e. The van der Waals surface area contributed by atoms with E-state index < -0.39 is 11.9 Å². The van der Waals surface area contributed by atoms with E-state index in [4.69, 9.17) is 4.74 Å². The Balaban J connectivity index is 2.41. The summed E-state index contributed by atoms with van der Waals surface area (Å²) in [5.41, 5.74) is 0.126. The highest BCUT2D eigenvalue weighted by molar-refractivity contribution is 9.09. The zero-order valence-electron chi connectivity index (χ0n) is 8.00. The molecular weight excluding hydrogens is 265 g/mol. The molecule has 0 aliphatic heterocycles. The van der Waals surface area contributed by atoms with Gasteiger partial charge in [0.1, 0.15) is 5.82 Å². The third kappa shape index (κ3) is 4.29. The number of rotatable bonds is 4. The highest BCUT2D eigenvalue weighted by Gasteiger charge is 2.05. The summed E-state index contributed by atoms with van der Waals surface area (Å²) in [5, 5.41) is 3.08. The third-order valence-electron chi connectivity index (χ3n) is 1.62. The maximum absolute atomic E-state index is 13.1. The van der Waals surface area contributed by atoms with Gasteiger partial charge in [0.15, 0.2) is 0 Å². The number of benzene rings is 1. The number of nitrogens with one attached hydrogen (secondary N) is 1. The number of carbonyl (C=O) groups excluding carboxylic acids is 1. The lowest BCUT2D eigenvalue weighted by Crippen LogP contribution is -2.15. The number of hydrogen-bond donors (Lipinski definition) is 1. The van der Waals surface area contributed by atoms with Gasteiger partial charge in [-0.25, -0.2) is 9.18 Å². The van der Waals surface area contributed by atoms with Gasteiger partial charge in [0.2, 0.25) is 0 Å². The monoisotopic (exact) mass is 275 g/mol. The second-order valence-electron chi connectivity index (χ2n) is 2.78. The van der Waals surface area contributed by atoms with E-state index >= 15 is 0 Å². The smallest absolute Gasteiger partial charge is 0.411 e. The molecule has 82 valence electrons. The van der Waals surface area contributed by atoms with E-state index in [0.29, 0.717) is 6.61 Å². The topological polar surface area (TPSA) is 38.3 Å². The zero-order valence-corrected chi connectivity index (χ0v) is 9.59. The van der Waals surface area contributed by atoms with Crippen LogP contribution >= 0.6 is 15.9 Å². The molecule has 0 spiro atoms.